The highest BCUT2D eigenvalue weighted by Crippen LogP contribution is 2.59. The molecule has 5 aliphatic carbocycles. The van der Waals surface area contributed by atoms with Crippen LogP contribution in [0.5, 0.6) is 0 Å². The highest BCUT2D eigenvalue weighted by atomic mass is 32.2. The molecule has 5 spiro atoms. The van der Waals surface area contributed by atoms with E-state index < -0.39 is 60.7 Å². The number of halogens is 3. The number of aryl methyl sites for hydroxylation is 5. The van der Waals surface area contributed by atoms with Crippen molar-refractivity contribution < 1.29 is 102 Å². The fraction of sp³-hybridized carbons (Fsp3) is 0.618. The van der Waals surface area contributed by atoms with Crippen LogP contribution >= 0.6 is 0 Å². The highest BCUT2D eigenvalue weighted by Gasteiger charge is 2.56. The van der Waals surface area contributed by atoms with Crippen LogP contribution in [0.4, 0.5) is 37.1 Å². The number of alkyl halides is 3. The predicted octanol–water partition coefficient (Wildman–Crippen LogP) is 22.2. The lowest BCUT2D eigenvalue weighted by Gasteiger charge is -2.41. The molecule has 3 unspecified atom stereocenters. The van der Waals surface area contributed by atoms with Crippen molar-refractivity contribution in [3.8, 4) is 0 Å². The Bertz CT molecular complexity index is 5550. The number of fused-ring (bicyclic) bond motifs is 10. The van der Waals surface area contributed by atoms with Gasteiger partial charge in [0.15, 0.2) is 0 Å². The van der Waals surface area contributed by atoms with Gasteiger partial charge in [-0.25, -0.2) is 28.8 Å². The summed E-state index contributed by atoms with van der Waals surface area (Å²) in [5, 5.41) is 13.9. The van der Waals surface area contributed by atoms with Crippen LogP contribution in [0, 0.1) is 34.6 Å². The zero-order chi connectivity index (χ0) is 103. The van der Waals surface area contributed by atoms with E-state index in [0.29, 0.717) is 108 Å². The second-order valence-corrected chi connectivity index (χ2v) is 47.7. The molecule has 5 aromatic rings. The van der Waals surface area contributed by atoms with Crippen LogP contribution < -0.4 is 5.32 Å². The van der Waals surface area contributed by atoms with Gasteiger partial charge in [0.05, 0.1) is 30.3 Å². The predicted molar refractivity (Wildman–Crippen MR) is 531 cm³/mol. The summed E-state index contributed by atoms with van der Waals surface area (Å²) < 4.78 is 104. The Morgan fingerprint density at radius 2 is 0.691 bits per heavy atom. The van der Waals surface area contributed by atoms with Gasteiger partial charge in [-0.3, -0.25) is 9.59 Å². The number of aliphatic hydroxyl groups is 1. The number of carbonyl (C=O) groups is 8. The molecule has 5 aromatic carbocycles. The average Bonchev–Trinajstić information content (AvgIpc) is 1.57. The Kier molecular flexibility index (Phi) is 32.3. The van der Waals surface area contributed by atoms with Gasteiger partial charge in [-0.1, -0.05) is 119 Å². The zero-order valence-electron chi connectivity index (χ0n) is 87.3. The maximum Gasteiger partial charge on any atom is 0.534 e. The molecule has 5 aliphatic heterocycles. The van der Waals surface area contributed by atoms with E-state index in [1.165, 1.54) is 50.6 Å². The Morgan fingerprint density at radius 3 is 1.03 bits per heavy atom. The first-order valence-corrected chi connectivity index (χ1v) is 50.9. The van der Waals surface area contributed by atoms with Crippen LogP contribution in [0.25, 0.3) is 11.3 Å². The molecule has 2 N–H and O–H groups in total. The fourth-order valence-electron chi connectivity index (χ4n) is 21.9. The van der Waals surface area contributed by atoms with Gasteiger partial charge in [-0.2, -0.15) is 21.6 Å². The molecule has 0 bridgehead atoms. The smallest absolute Gasteiger partial charge is 0.466 e. The number of nitrogens with zero attached hydrogens (tertiary/aromatic N) is 5. The number of likely N-dealkylation sites (tertiary alicyclic amines) is 5. The van der Waals surface area contributed by atoms with Crippen molar-refractivity contribution in [3.63, 3.8) is 0 Å². The molecule has 764 valence electrons. The second kappa shape index (κ2) is 41.0. The van der Waals surface area contributed by atoms with Crippen molar-refractivity contribution in [2.75, 3.05) is 78.7 Å². The average molecular weight is 1950 g/mol. The Balaban J connectivity index is 0.000000167. The van der Waals surface area contributed by atoms with Crippen LogP contribution in [0.15, 0.2) is 103 Å². The largest absolute Gasteiger partial charge is 0.534 e. The van der Waals surface area contributed by atoms with Gasteiger partial charge in [0, 0.05) is 112 Å². The van der Waals surface area contributed by atoms with Crippen LogP contribution in [0.3, 0.4) is 0 Å². The molecule has 10 aliphatic rings. The van der Waals surface area contributed by atoms with Gasteiger partial charge in [-0.15, -0.1) is 0 Å². The fourth-order valence-corrected chi connectivity index (χ4v) is 22.4. The van der Waals surface area contributed by atoms with Crippen LogP contribution in [0.1, 0.15) is 337 Å². The van der Waals surface area contributed by atoms with Gasteiger partial charge in [0.2, 0.25) is 5.91 Å². The van der Waals surface area contributed by atoms with Gasteiger partial charge in [-0.05, 0) is 337 Å². The van der Waals surface area contributed by atoms with E-state index in [4.69, 9.17) is 33.2 Å². The van der Waals surface area contributed by atoms with E-state index in [0.717, 1.165) is 98.4 Å². The first-order valence-electron chi connectivity index (χ1n) is 49.5. The number of piperidine rings is 5. The van der Waals surface area contributed by atoms with E-state index in [-0.39, 0.29) is 92.9 Å². The molecule has 0 aromatic heterocycles. The number of carbonyl (C=O) groups excluding carboxylic acids is 8. The quantitative estimate of drug-likeness (QED) is 0.0600. The minimum Gasteiger partial charge on any atom is -0.466 e. The van der Waals surface area contributed by atoms with Crippen LogP contribution in [0.2, 0.25) is 0 Å². The number of rotatable bonds is 9. The summed E-state index contributed by atoms with van der Waals surface area (Å²) in [6.07, 6.45) is 12.6. The van der Waals surface area contributed by atoms with Crippen molar-refractivity contribution in [2.24, 2.45) is 0 Å². The zero-order valence-corrected chi connectivity index (χ0v) is 88.1. The van der Waals surface area contributed by atoms with Crippen LogP contribution in [-0.4, -0.2) is 210 Å². The molecule has 15 rings (SSSR count). The number of allylic oxidation sites excluding steroid dienone is 2. The molecule has 0 radical (unpaired) electrons. The van der Waals surface area contributed by atoms with Crippen molar-refractivity contribution in [2.45, 2.75) is 360 Å². The summed E-state index contributed by atoms with van der Waals surface area (Å²) in [7, 11) is -5.79. The molecule has 5 saturated heterocycles. The summed E-state index contributed by atoms with van der Waals surface area (Å²) in [6.45, 7) is 58.1. The lowest BCUT2D eigenvalue weighted by atomic mass is 9.72. The summed E-state index contributed by atoms with van der Waals surface area (Å²) in [5.41, 5.74) is 7.12. The number of nitrogens with one attached hydrogen (secondary N) is 1. The summed E-state index contributed by atoms with van der Waals surface area (Å²) in [5.74, 6) is -0.513. The number of benzene rings is 5. The first kappa shape index (κ1) is 109. The highest BCUT2D eigenvalue weighted by molar-refractivity contribution is 7.87. The van der Waals surface area contributed by atoms with Gasteiger partial charge < -0.3 is 72.3 Å². The lowest BCUT2D eigenvalue weighted by molar-refractivity contribution is -0.145. The molecular formula is C110H153F3N6O19S. The molecule has 5 fully saturated rings. The molecule has 3 atom stereocenters. The third-order valence-corrected chi connectivity index (χ3v) is 29.5. The van der Waals surface area contributed by atoms with Crippen LogP contribution in [-0.2, 0) is 88.9 Å². The van der Waals surface area contributed by atoms with Crippen molar-refractivity contribution in [1.29, 1.82) is 0 Å². The summed E-state index contributed by atoms with van der Waals surface area (Å²) in [6, 6.07) is 31.3. The number of esters is 2. The minimum atomic E-state index is -5.79. The number of ether oxygens (including phenoxy) is 7. The number of amides is 6. The molecule has 0 saturated carbocycles. The van der Waals surface area contributed by atoms with E-state index in [9.17, 15) is 65.1 Å². The van der Waals surface area contributed by atoms with E-state index in [1.54, 1.807) is 61.5 Å². The standard InChI is InChI=1S/C24H36N2O3.C22H31NO4.C22H29NO4.C22H33NO3.C20H24F3NO5S/c1-16-8-9-19-18(14-16)20(23(6,7)25-17(2)27)15-24(19)10-12-26(13-11-24)21(28)29-22(3,4)5;2*1-6-26-19(24)17-14-22(18-8-7-15(2)13-16(17)18)9-11-23(12-10-22)20(25)27-21(3,4)5;1-15-7-8-17-16(13-15)18(21(5,6)25)14-22(17)9-11-23(12-10-22)19(24)26-20(2,3)4;1-13-5-6-15-14(11-13)16(29-30(26,27)20(21,22)23)12-19(15)7-9-24(10-8-19)17(25)28-18(2,3)4/h8-9,14,20H,10-13,15H2,1-7H3,(H,25,27);7-8,13,17H,6,9-12,14H2,1-5H3;7-8,13-14H,6,9-12H2,1-5H3;7-8,13,18,25H,9-12,14H2,1-6H3;5-6,11-12H,7-10H2,1-4H3. The maximum atomic E-state index is 12.9. The van der Waals surface area contributed by atoms with Crippen molar-refractivity contribution in [3.05, 3.63) is 187 Å². The van der Waals surface area contributed by atoms with E-state index in [2.05, 4.69) is 123 Å². The Morgan fingerprint density at radius 1 is 0.396 bits per heavy atom. The topological polar surface area (TPSA) is 293 Å². The molecule has 6 amide bonds. The maximum absolute atomic E-state index is 12.9. The van der Waals surface area contributed by atoms with Gasteiger partial charge in [0.25, 0.3) is 0 Å². The SMILES string of the molecule is CC(=O)NC(C)(C)C1CC2(CCN(C(=O)OC(C)(C)C)CC2)c2ccc(C)cc21.CCOC(=O)C1=CC2(CCN(C(=O)OC(C)(C)C)CC2)c2ccc(C)cc21.CCOC(=O)C1CC2(CCN(C(=O)OC(C)(C)C)CC2)c2ccc(C)cc21.Cc1ccc2c(c1)C(C(C)(C)O)CC21CCN(C(=O)OC(C)(C)C)CC1.Cc1ccc2c(c1)C(OS(=O)(=O)C(F)(F)F)=CC21CCN(C(=O)OC(C)(C)C)CC1. The number of hydrogen-bond donors (Lipinski definition) is 2. The first-order chi connectivity index (χ1) is 64.2. The Hall–Kier alpha value is -10.2. The molecule has 25 nitrogen and oxygen atoms in total. The van der Waals surface area contributed by atoms with Crippen molar-refractivity contribution in [1.82, 2.24) is 29.8 Å². The Labute approximate surface area is 822 Å². The summed E-state index contributed by atoms with van der Waals surface area (Å²) >= 11 is 0. The monoisotopic (exact) mass is 1950 g/mol. The van der Waals surface area contributed by atoms with Gasteiger partial charge in [0.1, 0.15) is 33.8 Å². The molecule has 5 heterocycles. The normalized spacial score (nSPS) is 20.3. The minimum absolute atomic E-state index is 0.00454. The molecular weight excluding hydrogens is 1800 g/mol. The summed E-state index contributed by atoms with van der Waals surface area (Å²) in [4.78, 5) is 108. The van der Waals surface area contributed by atoms with E-state index in [1.807, 2.05) is 134 Å². The van der Waals surface area contributed by atoms with E-state index >= 15 is 0 Å². The molecule has 29 heteroatoms. The third kappa shape index (κ3) is 25.9. The van der Waals surface area contributed by atoms with Crippen molar-refractivity contribution >= 4 is 69.8 Å². The molecule has 139 heavy (non-hydrogen) atoms. The second-order valence-electron chi connectivity index (χ2n) is 46.2. The lowest BCUT2D eigenvalue weighted by Crippen LogP contribution is -2.48. The number of hydrogen-bond acceptors (Lipinski definition) is 19. The third-order valence-electron chi connectivity index (χ3n) is 28.6. The van der Waals surface area contributed by atoms with Gasteiger partial charge >= 0.3 is 58.0 Å².